The lowest BCUT2D eigenvalue weighted by atomic mass is 9.94. The van der Waals surface area contributed by atoms with E-state index in [4.69, 9.17) is 0 Å². The summed E-state index contributed by atoms with van der Waals surface area (Å²) in [5.41, 5.74) is 1.18. The van der Waals surface area contributed by atoms with E-state index in [1.165, 1.54) is 0 Å². The van der Waals surface area contributed by atoms with Gasteiger partial charge in [0.25, 0.3) is 0 Å². The van der Waals surface area contributed by atoms with Crippen molar-refractivity contribution in [3.05, 3.63) is 11.4 Å². The first-order valence-corrected chi connectivity index (χ1v) is 7.78. The minimum Gasteiger partial charge on any atom is -0.281 e. The van der Waals surface area contributed by atoms with Crippen LogP contribution in [-0.2, 0) is 10.0 Å². The van der Waals surface area contributed by atoms with E-state index in [-0.39, 0.29) is 12.4 Å². The number of hydrogen-bond donors (Lipinski definition) is 1. The van der Waals surface area contributed by atoms with Crippen molar-refractivity contribution in [1.82, 2.24) is 14.5 Å². The van der Waals surface area contributed by atoms with Crippen molar-refractivity contribution in [3.8, 4) is 0 Å². The van der Waals surface area contributed by atoms with Gasteiger partial charge in [0.1, 0.15) is 4.90 Å². The summed E-state index contributed by atoms with van der Waals surface area (Å²) in [5, 5.41) is 6.73. The fourth-order valence-electron chi connectivity index (χ4n) is 2.85. The first-order chi connectivity index (χ1) is 8.32. The quantitative estimate of drug-likeness (QED) is 0.910. The summed E-state index contributed by atoms with van der Waals surface area (Å²) < 4.78 is 26.9. The highest BCUT2D eigenvalue weighted by molar-refractivity contribution is 7.89. The minimum absolute atomic E-state index is 0. The number of aromatic amines is 1. The Morgan fingerprint density at radius 2 is 1.74 bits per heavy atom. The first kappa shape index (κ1) is 16.5. The highest BCUT2D eigenvalue weighted by Gasteiger charge is 2.34. The molecule has 1 fully saturated rings. The second kappa shape index (κ2) is 5.81. The van der Waals surface area contributed by atoms with Crippen molar-refractivity contribution in [3.63, 3.8) is 0 Å². The van der Waals surface area contributed by atoms with Crippen molar-refractivity contribution >= 4 is 22.4 Å². The molecule has 1 aromatic rings. The Labute approximate surface area is 121 Å². The van der Waals surface area contributed by atoms with Crippen molar-refractivity contribution in [2.45, 2.75) is 39.0 Å². The molecule has 110 valence electrons. The van der Waals surface area contributed by atoms with Crippen molar-refractivity contribution in [2.75, 3.05) is 13.1 Å². The second-order valence-corrected chi connectivity index (χ2v) is 7.41. The lowest BCUT2D eigenvalue weighted by molar-refractivity contribution is 0.222. The lowest BCUT2D eigenvalue weighted by Crippen LogP contribution is -2.42. The number of H-pyrrole nitrogens is 1. The number of rotatable bonds is 2. The Morgan fingerprint density at radius 3 is 2.16 bits per heavy atom. The molecule has 7 heteroatoms. The maximum Gasteiger partial charge on any atom is 0.246 e. The fraction of sp³-hybridized carbons (Fsp3) is 0.750. The number of nitrogens with one attached hydrogen (secondary N) is 1. The molecule has 2 rings (SSSR count). The molecule has 0 radical (unpaired) electrons. The summed E-state index contributed by atoms with van der Waals surface area (Å²) in [6, 6.07) is 0. The number of nitrogens with zero attached hydrogens (tertiary/aromatic N) is 2. The highest BCUT2D eigenvalue weighted by Crippen LogP contribution is 2.28. The van der Waals surface area contributed by atoms with E-state index in [2.05, 4.69) is 24.0 Å². The summed E-state index contributed by atoms with van der Waals surface area (Å²) in [4.78, 5) is 0.351. The Hall–Kier alpha value is -0.590. The topological polar surface area (TPSA) is 66.1 Å². The van der Waals surface area contributed by atoms with Gasteiger partial charge in [0.15, 0.2) is 0 Å². The molecule has 0 aromatic carbocycles. The van der Waals surface area contributed by atoms with Gasteiger partial charge >= 0.3 is 0 Å². The van der Waals surface area contributed by atoms with E-state index in [1.54, 1.807) is 18.2 Å². The van der Waals surface area contributed by atoms with E-state index < -0.39 is 10.0 Å². The van der Waals surface area contributed by atoms with E-state index >= 15 is 0 Å². The standard InChI is InChI=1S/C12H21N3O2S.ClH/c1-8-5-9(2)7-15(6-8)18(16,17)12-10(3)13-14-11(12)4;/h8-9H,5-7H2,1-4H3,(H,13,14);1H. The van der Waals surface area contributed by atoms with Crippen molar-refractivity contribution in [2.24, 2.45) is 11.8 Å². The van der Waals surface area contributed by atoms with Gasteiger partial charge in [0, 0.05) is 13.1 Å². The molecular formula is C12H22ClN3O2S. The number of aromatic nitrogens is 2. The number of hydrogen-bond acceptors (Lipinski definition) is 3. The molecule has 0 spiro atoms. The molecule has 19 heavy (non-hydrogen) atoms. The van der Waals surface area contributed by atoms with Crippen LogP contribution in [0.5, 0.6) is 0 Å². The molecule has 1 N–H and O–H groups in total. The maximum absolute atomic E-state index is 12.6. The van der Waals surface area contributed by atoms with Gasteiger partial charge in [0.05, 0.1) is 11.4 Å². The van der Waals surface area contributed by atoms with E-state index in [0.29, 0.717) is 41.2 Å². The van der Waals surface area contributed by atoms with Crippen molar-refractivity contribution < 1.29 is 8.42 Å². The predicted molar refractivity (Wildman–Crippen MR) is 77.0 cm³/mol. The van der Waals surface area contributed by atoms with Gasteiger partial charge in [-0.05, 0) is 32.1 Å². The monoisotopic (exact) mass is 307 g/mol. The van der Waals surface area contributed by atoms with Crippen LogP contribution in [0.2, 0.25) is 0 Å². The van der Waals surface area contributed by atoms with E-state index in [9.17, 15) is 8.42 Å². The summed E-state index contributed by atoms with van der Waals surface area (Å²) in [5.74, 6) is 0.826. The van der Waals surface area contributed by atoms with Crippen LogP contribution in [-0.4, -0.2) is 36.0 Å². The summed E-state index contributed by atoms with van der Waals surface area (Å²) in [7, 11) is -3.41. The van der Waals surface area contributed by atoms with Crippen LogP contribution in [0.3, 0.4) is 0 Å². The SMILES string of the molecule is Cc1n[nH]c(C)c1S(=O)(=O)N1CC(C)CC(C)C1.Cl. The molecule has 0 bridgehead atoms. The number of piperidine rings is 1. The smallest absolute Gasteiger partial charge is 0.246 e. The van der Waals surface area contributed by atoms with Crippen LogP contribution < -0.4 is 0 Å². The molecule has 2 atom stereocenters. The normalized spacial score (nSPS) is 25.1. The average Bonchev–Trinajstić information content (AvgIpc) is 2.57. The third-order valence-corrected chi connectivity index (χ3v) is 5.59. The summed E-state index contributed by atoms with van der Waals surface area (Å²) in [6.45, 7) is 8.91. The molecule has 1 aromatic heterocycles. The second-order valence-electron chi connectivity index (χ2n) is 5.53. The zero-order chi connectivity index (χ0) is 13.5. The van der Waals surface area contributed by atoms with Gasteiger partial charge in [-0.2, -0.15) is 9.40 Å². The Kier molecular flexibility index (Phi) is 5.03. The molecule has 1 aliphatic rings. The van der Waals surface area contributed by atoms with Crippen molar-refractivity contribution in [1.29, 1.82) is 0 Å². The third-order valence-electron chi connectivity index (χ3n) is 3.49. The highest BCUT2D eigenvalue weighted by atomic mass is 35.5. The Balaban J connectivity index is 0.00000180. The van der Waals surface area contributed by atoms with Crippen LogP contribution in [0.1, 0.15) is 31.7 Å². The maximum atomic E-state index is 12.6. The van der Waals surface area contributed by atoms with Crippen LogP contribution in [0, 0.1) is 25.7 Å². The number of halogens is 1. The molecule has 0 saturated carbocycles. The number of aryl methyl sites for hydroxylation is 2. The molecule has 5 nitrogen and oxygen atoms in total. The van der Waals surface area contributed by atoms with E-state index in [0.717, 1.165) is 6.42 Å². The lowest BCUT2D eigenvalue weighted by Gasteiger charge is -2.34. The Morgan fingerprint density at radius 1 is 1.21 bits per heavy atom. The summed E-state index contributed by atoms with van der Waals surface area (Å²) in [6.07, 6.45) is 1.09. The van der Waals surface area contributed by atoms with Gasteiger partial charge in [-0.3, -0.25) is 5.10 Å². The van der Waals surface area contributed by atoms with Crippen LogP contribution in [0.25, 0.3) is 0 Å². The van der Waals surface area contributed by atoms with Gasteiger partial charge < -0.3 is 0 Å². The summed E-state index contributed by atoms with van der Waals surface area (Å²) >= 11 is 0. The first-order valence-electron chi connectivity index (χ1n) is 6.34. The predicted octanol–water partition coefficient (Wildman–Crippen LogP) is 2.11. The zero-order valence-electron chi connectivity index (χ0n) is 11.8. The Bertz CT molecular complexity index is 512. The molecule has 2 unspecified atom stereocenters. The largest absolute Gasteiger partial charge is 0.281 e. The zero-order valence-corrected chi connectivity index (χ0v) is 13.4. The van der Waals surface area contributed by atoms with Gasteiger partial charge in [0.2, 0.25) is 10.0 Å². The van der Waals surface area contributed by atoms with Gasteiger partial charge in [-0.25, -0.2) is 8.42 Å². The average molecular weight is 308 g/mol. The van der Waals surface area contributed by atoms with Crippen LogP contribution in [0.15, 0.2) is 4.90 Å². The molecular weight excluding hydrogens is 286 g/mol. The van der Waals surface area contributed by atoms with Gasteiger partial charge in [-0.15, -0.1) is 12.4 Å². The molecule has 2 heterocycles. The molecule has 1 aliphatic heterocycles. The van der Waals surface area contributed by atoms with Crippen LogP contribution >= 0.6 is 12.4 Å². The van der Waals surface area contributed by atoms with Gasteiger partial charge in [-0.1, -0.05) is 13.8 Å². The number of sulfonamides is 1. The fourth-order valence-corrected chi connectivity index (χ4v) is 4.86. The molecule has 0 aliphatic carbocycles. The molecule has 1 saturated heterocycles. The minimum atomic E-state index is -3.41. The van der Waals surface area contributed by atoms with E-state index in [1.807, 2.05) is 0 Å². The third kappa shape index (κ3) is 3.12. The molecule has 0 amide bonds. The van der Waals surface area contributed by atoms with Crippen LogP contribution in [0.4, 0.5) is 0 Å².